The normalized spacial score (nSPS) is 16.0. The lowest BCUT2D eigenvalue weighted by Gasteiger charge is -2.40. The number of nitrogens with one attached hydrogen (secondary N) is 1. The number of halogens is 3. The summed E-state index contributed by atoms with van der Waals surface area (Å²) in [7, 11) is 3.27. The molecule has 1 atom stereocenters. The maximum absolute atomic E-state index is 13.2. The van der Waals surface area contributed by atoms with E-state index in [0.29, 0.717) is 52.8 Å². The monoisotopic (exact) mass is 489 g/mol. The molecule has 0 unspecified atom stereocenters. The van der Waals surface area contributed by atoms with Crippen molar-refractivity contribution >= 4 is 16.7 Å². The highest BCUT2D eigenvalue weighted by atomic mass is 19.4. The topological polar surface area (TPSA) is 65.5 Å². The van der Waals surface area contributed by atoms with E-state index in [0.717, 1.165) is 31.4 Å². The molecule has 1 N–H and O–H groups in total. The van der Waals surface area contributed by atoms with E-state index in [1.54, 1.807) is 40.2 Å². The summed E-state index contributed by atoms with van der Waals surface area (Å²) in [6.07, 6.45) is -1.17. The number of nitrogens with zero attached hydrogens (tertiary/aromatic N) is 2. The number of hydrogen-bond donors (Lipinski definition) is 1. The van der Waals surface area contributed by atoms with Gasteiger partial charge in [-0.2, -0.15) is 13.2 Å². The second-order valence-electron chi connectivity index (χ2n) is 9.20. The molecule has 1 aromatic heterocycles. The van der Waals surface area contributed by atoms with Gasteiger partial charge in [0.25, 0.3) is 0 Å². The molecular formula is C26H30F3N3O3. The summed E-state index contributed by atoms with van der Waals surface area (Å²) in [5.74, 6) is 2.16. The number of alkyl halides is 3. The van der Waals surface area contributed by atoms with Crippen molar-refractivity contribution in [3.63, 3.8) is 0 Å². The van der Waals surface area contributed by atoms with Crippen molar-refractivity contribution < 1.29 is 27.4 Å². The Kier molecular flexibility index (Phi) is 7.07. The Morgan fingerprint density at radius 3 is 2.46 bits per heavy atom. The van der Waals surface area contributed by atoms with Gasteiger partial charge in [-0.3, -0.25) is 0 Å². The lowest BCUT2D eigenvalue weighted by molar-refractivity contribution is -0.137. The summed E-state index contributed by atoms with van der Waals surface area (Å²) in [5, 5.41) is 3.96. The number of aromatic nitrogens is 2. The minimum Gasteiger partial charge on any atom is -0.493 e. The van der Waals surface area contributed by atoms with E-state index in [4.69, 9.17) is 14.2 Å². The molecule has 0 spiro atoms. The van der Waals surface area contributed by atoms with E-state index in [9.17, 15) is 13.2 Å². The maximum Gasteiger partial charge on any atom is 0.416 e. The average molecular weight is 490 g/mol. The number of hydrogen-bond acceptors (Lipinski definition) is 6. The first-order chi connectivity index (χ1) is 16.6. The molecule has 188 valence electrons. The number of methoxy groups -OCH3 is 2. The summed E-state index contributed by atoms with van der Waals surface area (Å²) in [6.45, 7) is 4.69. The van der Waals surface area contributed by atoms with E-state index in [1.807, 2.05) is 6.07 Å². The third-order valence-corrected chi connectivity index (χ3v) is 6.56. The molecule has 35 heavy (non-hydrogen) atoms. The lowest BCUT2D eigenvalue weighted by atomic mass is 9.70. The molecule has 0 bridgehead atoms. The number of ether oxygens (including phenoxy) is 3. The molecule has 3 aromatic rings. The van der Waals surface area contributed by atoms with Gasteiger partial charge in [0.2, 0.25) is 0 Å². The molecule has 1 fully saturated rings. The molecule has 0 aliphatic heterocycles. The molecule has 1 heterocycles. The molecule has 1 aliphatic carbocycles. The van der Waals surface area contributed by atoms with E-state index in [2.05, 4.69) is 15.3 Å². The van der Waals surface area contributed by atoms with Crippen LogP contribution in [0.5, 0.6) is 11.5 Å². The molecule has 6 nitrogen and oxygen atoms in total. The van der Waals surface area contributed by atoms with Gasteiger partial charge in [0.05, 0.1) is 31.4 Å². The highest BCUT2D eigenvalue weighted by molar-refractivity contribution is 5.92. The van der Waals surface area contributed by atoms with Crippen molar-refractivity contribution in [2.24, 2.45) is 5.41 Å². The van der Waals surface area contributed by atoms with Gasteiger partial charge < -0.3 is 19.5 Å². The van der Waals surface area contributed by atoms with Gasteiger partial charge in [0.15, 0.2) is 11.5 Å². The molecule has 0 saturated heterocycles. The molecule has 9 heteroatoms. The number of rotatable bonds is 9. The number of benzene rings is 2. The van der Waals surface area contributed by atoms with Crippen molar-refractivity contribution in [1.29, 1.82) is 0 Å². The van der Waals surface area contributed by atoms with Crippen LogP contribution in [-0.2, 0) is 10.9 Å². The van der Waals surface area contributed by atoms with E-state index in [-0.39, 0.29) is 5.41 Å². The Bertz CT molecular complexity index is 1200. The second kappa shape index (κ2) is 9.89. The van der Waals surface area contributed by atoms with Gasteiger partial charge in [0, 0.05) is 30.0 Å². The Balaban J connectivity index is 1.65. The van der Waals surface area contributed by atoms with Gasteiger partial charge in [-0.05, 0) is 50.5 Å². The molecule has 0 amide bonds. The predicted molar refractivity (Wildman–Crippen MR) is 128 cm³/mol. The van der Waals surface area contributed by atoms with Crippen LogP contribution in [0.15, 0.2) is 36.4 Å². The van der Waals surface area contributed by atoms with Gasteiger partial charge in [-0.25, -0.2) is 9.97 Å². The fraction of sp³-hybridized carbons (Fsp3) is 0.462. The third kappa shape index (κ3) is 5.45. The zero-order valence-corrected chi connectivity index (χ0v) is 20.3. The summed E-state index contributed by atoms with van der Waals surface area (Å²) in [4.78, 5) is 9.06. The van der Waals surface area contributed by atoms with Crippen molar-refractivity contribution in [1.82, 2.24) is 9.97 Å². The first-order valence-corrected chi connectivity index (χ1v) is 11.6. The standard InChI is InChI=1S/C26H30F3N3O3/c1-16(18-7-5-8-19(11-18)26(27,28)29)30-24-20-12-23(35-15-25(14-33-3)9-6-10-25)22(34-4)13-21(20)31-17(2)32-24/h5,7-8,11-13,16H,6,9-10,14-15H2,1-4H3,(H,30,31,32)/t16-/m1/s1. The van der Waals surface area contributed by atoms with E-state index < -0.39 is 17.8 Å². The van der Waals surface area contributed by atoms with Gasteiger partial charge in [-0.1, -0.05) is 18.6 Å². The maximum atomic E-state index is 13.2. The lowest BCUT2D eigenvalue weighted by Crippen LogP contribution is -2.39. The Labute approximate surface area is 202 Å². The SMILES string of the molecule is COCC1(COc2cc3c(N[C@H](C)c4cccc(C(F)(F)F)c4)nc(C)nc3cc2OC)CCC1. The van der Waals surface area contributed by atoms with Crippen molar-refractivity contribution in [3.05, 3.63) is 53.3 Å². The van der Waals surface area contributed by atoms with Crippen LogP contribution in [0.2, 0.25) is 0 Å². The molecule has 4 rings (SSSR count). The first-order valence-electron chi connectivity index (χ1n) is 11.6. The van der Waals surface area contributed by atoms with Crippen LogP contribution in [0.3, 0.4) is 0 Å². The fourth-order valence-corrected chi connectivity index (χ4v) is 4.45. The summed E-state index contributed by atoms with van der Waals surface area (Å²) >= 11 is 0. The van der Waals surface area contributed by atoms with Crippen LogP contribution in [0.4, 0.5) is 19.0 Å². The Morgan fingerprint density at radius 2 is 1.83 bits per heavy atom. The van der Waals surface area contributed by atoms with Gasteiger partial charge >= 0.3 is 6.18 Å². The van der Waals surface area contributed by atoms with Crippen molar-refractivity contribution in [3.8, 4) is 11.5 Å². The van der Waals surface area contributed by atoms with E-state index in [1.165, 1.54) is 6.07 Å². The number of aryl methyl sites for hydroxylation is 1. The van der Waals surface area contributed by atoms with Crippen LogP contribution < -0.4 is 14.8 Å². The van der Waals surface area contributed by atoms with Crippen LogP contribution >= 0.6 is 0 Å². The molecule has 1 saturated carbocycles. The minimum absolute atomic E-state index is 0.00239. The predicted octanol–water partition coefficient (Wildman–Crippen LogP) is 6.33. The van der Waals surface area contributed by atoms with Crippen molar-refractivity contribution in [2.75, 3.05) is 32.8 Å². The zero-order chi connectivity index (χ0) is 25.2. The van der Waals surface area contributed by atoms with Gasteiger partial charge in [-0.15, -0.1) is 0 Å². The summed E-state index contributed by atoms with van der Waals surface area (Å²) in [5.41, 5.74) is 0.461. The molecule has 2 aromatic carbocycles. The van der Waals surface area contributed by atoms with Crippen LogP contribution in [0.1, 0.15) is 49.2 Å². The molecular weight excluding hydrogens is 459 g/mol. The first kappa shape index (κ1) is 25.0. The van der Waals surface area contributed by atoms with E-state index >= 15 is 0 Å². The Morgan fingerprint density at radius 1 is 1.06 bits per heavy atom. The van der Waals surface area contributed by atoms with Crippen LogP contribution in [0.25, 0.3) is 10.9 Å². The average Bonchev–Trinajstić information content (AvgIpc) is 2.79. The number of fused-ring (bicyclic) bond motifs is 1. The second-order valence-corrected chi connectivity index (χ2v) is 9.20. The van der Waals surface area contributed by atoms with Crippen LogP contribution in [0, 0.1) is 12.3 Å². The minimum atomic E-state index is -4.41. The quantitative estimate of drug-likeness (QED) is 0.379. The van der Waals surface area contributed by atoms with Crippen molar-refractivity contribution in [2.45, 2.75) is 45.3 Å². The smallest absolute Gasteiger partial charge is 0.416 e. The fourth-order valence-electron chi connectivity index (χ4n) is 4.45. The summed E-state index contributed by atoms with van der Waals surface area (Å²) < 4.78 is 56.8. The largest absolute Gasteiger partial charge is 0.493 e. The molecule has 1 aliphatic rings. The van der Waals surface area contributed by atoms with Crippen LogP contribution in [-0.4, -0.2) is 37.4 Å². The van der Waals surface area contributed by atoms with Gasteiger partial charge in [0.1, 0.15) is 11.6 Å². The third-order valence-electron chi connectivity index (χ3n) is 6.56. The highest BCUT2D eigenvalue weighted by Gasteiger charge is 2.38. The highest BCUT2D eigenvalue weighted by Crippen LogP contribution is 2.43. The Hall–Kier alpha value is -3.07. The summed E-state index contributed by atoms with van der Waals surface area (Å²) in [6, 6.07) is 8.48. The number of anilines is 1. The zero-order valence-electron chi connectivity index (χ0n) is 20.3. The molecule has 0 radical (unpaired) electrons.